The van der Waals surface area contributed by atoms with E-state index in [1.807, 2.05) is 42.5 Å². The van der Waals surface area contributed by atoms with Gasteiger partial charge in [0.1, 0.15) is 5.58 Å². The number of rotatable bonds is 2. The molecule has 2 nitrogen and oxygen atoms in total. The molecule has 4 aromatic rings. The van der Waals surface area contributed by atoms with Gasteiger partial charge in [-0.05, 0) is 30.7 Å². The maximum atomic E-state index is 6.32. The average Bonchev–Trinajstić information content (AvgIpc) is 2.95. The molecule has 0 amide bonds. The fraction of sp³-hybridized carbons (Fsp3) is 0.0526. The van der Waals surface area contributed by atoms with Crippen molar-refractivity contribution in [2.45, 2.75) is 6.92 Å². The van der Waals surface area contributed by atoms with Crippen LogP contribution in [-0.2, 0) is 0 Å². The third kappa shape index (κ3) is 1.90. The highest BCUT2D eigenvalue weighted by Gasteiger charge is 2.14. The first-order valence-corrected chi connectivity index (χ1v) is 7.26. The summed E-state index contributed by atoms with van der Waals surface area (Å²) >= 11 is 0. The Balaban J connectivity index is 1.99. The summed E-state index contributed by atoms with van der Waals surface area (Å²) in [5, 5.41) is 2.21. The van der Waals surface area contributed by atoms with Gasteiger partial charge in [0.25, 0.3) is 0 Å². The zero-order chi connectivity index (χ0) is 15.1. The second kappa shape index (κ2) is 4.95. The molecule has 1 aromatic heterocycles. The third-order valence-corrected chi connectivity index (χ3v) is 3.99. The molecule has 0 saturated heterocycles. The lowest BCUT2D eigenvalue weighted by molar-refractivity contribution is 0.666. The van der Waals surface area contributed by atoms with E-state index in [9.17, 15) is 0 Å². The molecule has 2 radical (unpaired) electrons. The molecule has 4 rings (SSSR count). The molecule has 3 aromatic carbocycles. The van der Waals surface area contributed by atoms with Crippen molar-refractivity contribution in [2.24, 2.45) is 0 Å². The zero-order valence-corrected chi connectivity index (χ0v) is 12.3. The van der Waals surface area contributed by atoms with Gasteiger partial charge in [-0.3, -0.25) is 0 Å². The van der Waals surface area contributed by atoms with Crippen LogP contribution in [-0.4, -0.2) is 7.98 Å². The van der Waals surface area contributed by atoms with Crippen LogP contribution in [0.25, 0.3) is 21.9 Å². The first kappa shape index (κ1) is 13.0. The number of anilines is 2. The van der Waals surface area contributed by atoms with Crippen LogP contribution in [0.3, 0.4) is 0 Å². The van der Waals surface area contributed by atoms with E-state index in [0.29, 0.717) is 0 Å². The average molecular weight is 283 g/mol. The van der Waals surface area contributed by atoms with Crippen molar-refractivity contribution in [1.29, 1.82) is 0 Å². The summed E-state index contributed by atoms with van der Waals surface area (Å²) in [5.74, 6) is 0. The normalized spacial score (nSPS) is 11.1. The van der Waals surface area contributed by atoms with Gasteiger partial charge in [-0.1, -0.05) is 48.5 Å². The smallest absolute Gasteiger partial charge is 0.234 e. The molecule has 0 N–H and O–H groups in total. The molecule has 0 spiro atoms. The highest BCUT2D eigenvalue weighted by Crippen LogP contribution is 2.37. The van der Waals surface area contributed by atoms with Gasteiger partial charge in [0.15, 0.2) is 5.58 Å². The molecule has 0 aliphatic rings. The van der Waals surface area contributed by atoms with Crippen LogP contribution in [0.5, 0.6) is 0 Å². The maximum absolute atomic E-state index is 6.32. The SMILES string of the molecule is [B]N(c1ccccc1)c1cccc2c1oc1c(C)cccc12. The molecule has 0 aliphatic heterocycles. The van der Waals surface area contributed by atoms with Gasteiger partial charge in [-0.25, -0.2) is 0 Å². The fourth-order valence-electron chi connectivity index (χ4n) is 2.86. The van der Waals surface area contributed by atoms with E-state index in [2.05, 4.69) is 31.2 Å². The van der Waals surface area contributed by atoms with E-state index in [1.165, 1.54) is 0 Å². The van der Waals surface area contributed by atoms with E-state index in [4.69, 9.17) is 12.4 Å². The molecule has 0 unspecified atom stereocenters. The lowest BCUT2D eigenvalue weighted by atomic mass is 10.1. The summed E-state index contributed by atoms with van der Waals surface area (Å²) in [6.45, 7) is 2.06. The Morgan fingerprint density at radius 3 is 2.23 bits per heavy atom. The van der Waals surface area contributed by atoms with Crippen LogP contribution in [0.2, 0.25) is 0 Å². The van der Waals surface area contributed by atoms with E-state index >= 15 is 0 Å². The van der Waals surface area contributed by atoms with Crippen molar-refractivity contribution in [2.75, 3.05) is 4.81 Å². The first-order valence-electron chi connectivity index (χ1n) is 7.26. The number of para-hydroxylation sites is 3. The van der Waals surface area contributed by atoms with Gasteiger partial charge in [0, 0.05) is 16.5 Å². The Morgan fingerprint density at radius 1 is 0.773 bits per heavy atom. The molecule has 0 atom stereocenters. The summed E-state index contributed by atoms with van der Waals surface area (Å²) in [4.78, 5) is 1.67. The summed E-state index contributed by atoms with van der Waals surface area (Å²) in [6.07, 6.45) is 0. The molecule has 0 aliphatic carbocycles. The molecule has 0 fully saturated rings. The van der Waals surface area contributed by atoms with Crippen molar-refractivity contribution in [3.8, 4) is 0 Å². The van der Waals surface area contributed by atoms with Crippen molar-refractivity contribution < 1.29 is 4.42 Å². The fourth-order valence-corrected chi connectivity index (χ4v) is 2.86. The second-order valence-electron chi connectivity index (χ2n) is 5.41. The number of fused-ring (bicyclic) bond motifs is 3. The van der Waals surface area contributed by atoms with E-state index in [0.717, 1.165) is 38.9 Å². The monoisotopic (exact) mass is 283 g/mol. The number of nitrogens with zero attached hydrogens (tertiary/aromatic N) is 1. The molecular weight excluding hydrogens is 269 g/mol. The molecule has 22 heavy (non-hydrogen) atoms. The van der Waals surface area contributed by atoms with Crippen LogP contribution in [0.15, 0.2) is 71.1 Å². The van der Waals surface area contributed by atoms with Gasteiger partial charge in [-0.15, -0.1) is 0 Å². The minimum atomic E-state index is 0.818. The minimum absolute atomic E-state index is 0.818. The summed E-state index contributed by atoms with van der Waals surface area (Å²) in [6, 6.07) is 22.1. The van der Waals surface area contributed by atoms with Crippen LogP contribution >= 0.6 is 0 Å². The zero-order valence-electron chi connectivity index (χ0n) is 12.3. The Hall–Kier alpha value is -2.68. The largest absolute Gasteiger partial charge is 0.454 e. The van der Waals surface area contributed by atoms with Crippen LogP contribution < -0.4 is 4.81 Å². The topological polar surface area (TPSA) is 16.4 Å². The highest BCUT2D eigenvalue weighted by molar-refractivity contribution is 6.25. The number of aryl methyl sites for hydroxylation is 1. The van der Waals surface area contributed by atoms with Crippen molar-refractivity contribution in [3.63, 3.8) is 0 Å². The summed E-state index contributed by atoms with van der Waals surface area (Å²) in [5.41, 5.74) is 4.65. The lowest BCUT2D eigenvalue weighted by Crippen LogP contribution is -2.11. The van der Waals surface area contributed by atoms with Gasteiger partial charge < -0.3 is 9.23 Å². The molecule has 104 valence electrons. The summed E-state index contributed by atoms with van der Waals surface area (Å²) < 4.78 is 6.14. The molecule has 1 heterocycles. The molecule has 0 bridgehead atoms. The van der Waals surface area contributed by atoms with E-state index in [-0.39, 0.29) is 0 Å². The number of hydrogen-bond donors (Lipinski definition) is 0. The second-order valence-corrected chi connectivity index (χ2v) is 5.41. The van der Waals surface area contributed by atoms with Crippen molar-refractivity contribution in [1.82, 2.24) is 0 Å². The standard InChI is InChI=1S/C19H14BNO/c1-13-7-5-10-15-16-11-6-12-17(19(16)22-18(13)15)21(20)14-8-3-2-4-9-14/h2-12H,1H3. The Bertz CT molecular complexity index is 959. The van der Waals surface area contributed by atoms with Gasteiger partial charge in [0.05, 0.1) is 5.69 Å². The van der Waals surface area contributed by atoms with E-state index in [1.54, 1.807) is 4.81 Å². The maximum Gasteiger partial charge on any atom is 0.234 e. The lowest BCUT2D eigenvalue weighted by Gasteiger charge is -2.20. The predicted octanol–water partition coefficient (Wildman–Crippen LogP) is 5.12. The van der Waals surface area contributed by atoms with Crippen LogP contribution in [0, 0.1) is 6.92 Å². The Kier molecular flexibility index (Phi) is 2.93. The highest BCUT2D eigenvalue weighted by atomic mass is 16.3. The Labute approximate surface area is 130 Å². The molecule has 3 heteroatoms. The van der Waals surface area contributed by atoms with Gasteiger partial charge in [0.2, 0.25) is 7.98 Å². The Morgan fingerprint density at radius 2 is 1.45 bits per heavy atom. The van der Waals surface area contributed by atoms with Crippen molar-refractivity contribution in [3.05, 3.63) is 72.3 Å². The third-order valence-electron chi connectivity index (χ3n) is 3.99. The van der Waals surface area contributed by atoms with Crippen LogP contribution in [0.1, 0.15) is 5.56 Å². The van der Waals surface area contributed by atoms with Crippen LogP contribution in [0.4, 0.5) is 11.4 Å². The number of hydrogen-bond acceptors (Lipinski definition) is 2. The molecule has 0 saturated carbocycles. The quantitative estimate of drug-likeness (QED) is 0.475. The number of furan rings is 1. The van der Waals surface area contributed by atoms with E-state index < -0.39 is 0 Å². The van der Waals surface area contributed by atoms with Crippen molar-refractivity contribution >= 4 is 41.3 Å². The predicted molar refractivity (Wildman–Crippen MR) is 92.8 cm³/mol. The summed E-state index contributed by atoms with van der Waals surface area (Å²) in [7, 11) is 6.32. The number of benzene rings is 3. The minimum Gasteiger partial charge on any atom is -0.454 e. The van der Waals surface area contributed by atoms with Gasteiger partial charge in [-0.2, -0.15) is 0 Å². The van der Waals surface area contributed by atoms with Gasteiger partial charge >= 0.3 is 0 Å². The molecular formula is C19H14BNO. The first-order chi connectivity index (χ1) is 10.8.